The summed E-state index contributed by atoms with van der Waals surface area (Å²) in [6, 6.07) is 11.2. The van der Waals surface area contributed by atoms with Gasteiger partial charge in [-0.05, 0) is 49.2 Å². The third kappa shape index (κ3) is 3.56. The molecule has 4 aromatic heterocycles. The molecule has 10 heteroatoms. The molecule has 0 spiro atoms. The molecule has 10 nitrogen and oxygen atoms in total. The average Bonchev–Trinajstić information content (AvgIpc) is 3.30. The molecule has 168 valence electrons. The van der Waals surface area contributed by atoms with Crippen LogP contribution in [0.2, 0.25) is 0 Å². The molecule has 0 aliphatic rings. The Morgan fingerprint density at radius 3 is 2.50 bits per heavy atom. The van der Waals surface area contributed by atoms with Gasteiger partial charge in [0.15, 0.2) is 11.5 Å². The maximum Gasteiger partial charge on any atom is 0.269 e. The zero-order valence-electron chi connectivity index (χ0n) is 18.5. The maximum atomic E-state index is 12.3. The van der Waals surface area contributed by atoms with Gasteiger partial charge >= 0.3 is 0 Å². The molecule has 0 aliphatic carbocycles. The highest BCUT2D eigenvalue weighted by atomic mass is 16.1. The van der Waals surface area contributed by atoms with Crippen LogP contribution in [-0.4, -0.2) is 36.0 Å². The second kappa shape index (κ2) is 8.24. The van der Waals surface area contributed by atoms with Crippen LogP contribution in [-0.2, 0) is 0 Å². The molecular formula is C24H21N9O. The summed E-state index contributed by atoms with van der Waals surface area (Å²) in [5, 5.41) is 11.1. The molecule has 1 amide bonds. The summed E-state index contributed by atoms with van der Waals surface area (Å²) in [6.45, 7) is 3.88. The number of fused-ring (bicyclic) bond motifs is 1. The number of nitrogens with one attached hydrogen (secondary N) is 2. The van der Waals surface area contributed by atoms with E-state index >= 15 is 0 Å². The number of hydrogen-bond acceptors (Lipinski definition) is 8. The smallest absolute Gasteiger partial charge is 0.269 e. The Balaban J connectivity index is 1.74. The summed E-state index contributed by atoms with van der Waals surface area (Å²) in [5.41, 5.74) is 16.4. The lowest BCUT2D eigenvalue weighted by atomic mass is 9.99. The van der Waals surface area contributed by atoms with Gasteiger partial charge in [-0.1, -0.05) is 12.1 Å². The van der Waals surface area contributed by atoms with Crippen LogP contribution in [0.1, 0.15) is 21.6 Å². The first-order valence-electron chi connectivity index (χ1n) is 10.5. The Labute approximate surface area is 194 Å². The van der Waals surface area contributed by atoms with E-state index in [2.05, 4.69) is 30.5 Å². The molecule has 0 bridgehead atoms. The standard InChI is InChI=1S/C24H21N9O/c1-12-7-8-16-15(11-29-33-16)17(12)19-18(25)20(21(26)34)31-24(30-19)14-6-4-10-28-23(14)32-22-13(2)5-3-9-27-22/h3-11H,25H2,1-2H3,(H2,26,34)(H,29,33)(H,27,28,32). The fraction of sp³-hybridized carbons (Fsp3) is 0.0833. The number of rotatable bonds is 5. The summed E-state index contributed by atoms with van der Waals surface area (Å²) >= 11 is 0. The van der Waals surface area contributed by atoms with E-state index in [0.29, 0.717) is 22.9 Å². The highest BCUT2D eigenvalue weighted by Gasteiger charge is 2.22. The van der Waals surface area contributed by atoms with Gasteiger partial charge in [0, 0.05) is 23.3 Å². The van der Waals surface area contributed by atoms with Crippen molar-refractivity contribution in [2.75, 3.05) is 11.1 Å². The maximum absolute atomic E-state index is 12.3. The van der Waals surface area contributed by atoms with Crippen LogP contribution in [0.3, 0.4) is 0 Å². The van der Waals surface area contributed by atoms with Gasteiger partial charge in [0.2, 0.25) is 0 Å². The summed E-state index contributed by atoms with van der Waals surface area (Å²) in [4.78, 5) is 30.3. The van der Waals surface area contributed by atoms with E-state index < -0.39 is 5.91 Å². The van der Waals surface area contributed by atoms with Crippen molar-refractivity contribution in [2.45, 2.75) is 13.8 Å². The molecule has 4 heterocycles. The molecular weight excluding hydrogens is 430 g/mol. The SMILES string of the molecule is Cc1cccnc1Nc1ncccc1-c1nc(C(N)=O)c(N)c(-c2c(C)ccc3[nH]ncc23)n1. The lowest BCUT2D eigenvalue weighted by Gasteiger charge is -2.15. The van der Waals surface area contributed by atoms with Crippen LogP contribution in [0.25, 0.3) is 33.5 Å². The molecule has 5 rings (SSSR count). The zero-order chi connectivity index (χ0) is 23.8. The zero-order valence-corrected chi connectivity index (χ0v) is 18.5. The van der Waals surface area contributed by atoms with E-state index in [1.807, 2.05) is 38.1 Å². The summed E-state index contributed by atoms with van der Waals surface area (Å²) in [5.74, 6) is 0.626. The van der Waals surface area contributed by atoms with Crippen LogP contribution in [0.5, 0.6) is 0 Å². The number of aryl methyl sites for hydroxylation is 2. The lowest BCUT2D eigenvalue weighted by molar-refractivity contribution is 0.0996. The van der Waals surface area contributed by atoms with Crippen molar-refractivity contribution in [2.24, 2.45) is 5.73 Å². The highest BCUT2D eigenvalue weighted by molar-refractivity contribution is 6.04. The number of hydrogen-bond donors (Lipinski definition) is 4. The largest absolute Gasteiger partial charge is 0.395 e. The van der Waals surface area contributed by atoms with Gasteiger partial charge < -0.3 is 16.8 Å². The predicted molar refractivity (Wildman–Crippen MR) is 130 cm³/mol. The van der Waals surface area contributed by atoms with Crippen molar-refractivity contribution in [3.05, 3.63) is 71.8 Å². The summed E-state index contributed by atoms with van der Waals surface area (Å²) in [7, 11) is 0. The van der Waals surface area contributed by atoms with Crippen molar-refractivity contribution >= 4 is 34.1 Å². The van der Waals surface area contributed by atoms with Gasteiger partial charge in [-0.2, -0.15) is 5.10 Å². The number of anilines is 3. The van der Waals surface area contributed by atoms with Crippen LogP contribution in [0.4, 0.5) is 17.3 Å². The Hall–Kier alpha value is -4.86. The van der Waals surface area contributed by atoms with E-state index in [0.717, 1.165) is 27.6 Å². The molecule has 0 saturated heterocycles. The third-order valence-electron chi connectivity index (χ3n) is 5.54. The molecule has 0 fully saturated rings. The lowest BCUT2D eigenvalue weighted by Crippen LogP contribution is -2.18. The van der Waals surface area contributed by atoms with Crippen molar-refractivity contribution in [3.63, 3.8) is 0 Å². The summed E-state index contributed by atoms with van der Waals surface area (Å²) < 4.78 is 0. The van der Waals surface area contributed by atoms with E-state index in [1.165, 1.54) is 0 Å². The Bertz CT molecular complexity index is 1560. The first-order valence-corrected chi connectivity index (χ1v) is 10.5. The number of carbonyl (C=O) groups excluding carboxylic acids is 1. The number of aromatic nitrogens is 6. The molecule has 6 N–H and O–H groups in total. The fourth-order valence-corrected chi connectivity index (χ4v) is 3.82. The number of H-pyrrole nitrogens is 1. The number of aromatic amines is 1. The van der Waals surface area contributed by atoms with Gasteiger partial charge in [-0.15, -0.1) is 0 Å². The van der Waals surface area contributed by atoms with E-state index in [4.69, 9.17) is 16.5 Å². The molecule has 5 aromatic rings. The average molecular weight is 451 g/mol. The topological polar surface area (TPSA) is 161 Å². The van der Waals surface area contributed by atoms with Gasteiger partial charge in [0.1, 0.15) is 11.6 Å². The molecule has 1 aromatic carbocycles. The van der Waals surface area contributed by atoms with Crippen molar-refractivity contribution in [1.82, 2.24) is 30.1 Å². The second-order valence-corrected chi connectivity index (χ2v) is 7.80. The number of nitrogens with zero attached hydrogens (tertiary/aromatic N) is 5. The first-order chi connectivity index (χ1) is 16.4. The van der Waals surface area contributed by atoms with Crippen LogP contribution in [0.15, 0.2) is 55.0 Å². The Morgan fingerprint density at radius 2 is 1.74 bits per heavy atom. The van der Waals surface area contributed by atoms with Crippen molar-refractivity contribution in [3.8, 4) is 22.6 Å². The van der Waals surface area contributed by atoms with Gasteiger partial charge in [0.25, 0.3) is 5.91 Å². The minimum Gasteiger partial charge on any atom is -0.395 e. The van der Waals surface area contributed by atoms with Gasteiger partial charge in [0.05, 0.1) is 28.7 Å². The number of carbonyl (C=O) groups is 1. The molecule has 0 aliphatic heterocycles. The van der Waals surface area contributed by atoms with E-state index in [1.54, 1.807) is 30.7 Å². The number of pyridine rings is 2. The molecule has 0 saturated carbocycles. The predicted octanol–water partition coefficient (Wildman–Crippen LogP) is 3.52. The normalized spacial score (nSPS) is 11.0. The molecule has 0 atom stereocenters. The quantitative estimate of drug-likeness (QED) is 0.315. The molecule has 34 heavy (non-hydrogen) atoms. The van der Waals surface area contributed by atoms with Crippen LogP contribution in [0, 0.1) is 13.8 Å². The van der Waals surface area contributed by atoms with Crippen molar-refractivity contribution < 1.29 is 4.79 Å². The van der Waals surface area contributed by atoms with Crippen LogP contribution < -0.4 is 16.8 Å². The van der Waals surface area contributed by atoms with Crippen LogP contribution >= 0.6 is 0 Å². The first kappa shape index (κ1) is 21.0. The number of benzene rings is 1. The van der Waals surface area contributed by atoms with Gasteiger partial charge in [-0.3, -0.25) is 9.89 Å². The second-order valence-electron chi connectivity index (χ2n) is 7.80. The summed E-state index contributed by atoms with van der Waals surface area (Å²) in [6.07, 6.45) is 5.03. The fourth-order valence-electron chi connectivity index (χ4n) is 3.82. The van der Waals surface area contributed by atoms with Gasteiger partial charge in [-0.25, -0.2) is 19.9 Å². The Kier molecular flexibility index (Phi) is 5.09. The number of nitrogens with two attached hydrogens (primary N) is 2. The third-order valence-corrected chi connectivity index (χ3v) is 5.54. The molecule has 0 unspecified atom stereocenters. The number of primary amides is 1. The monoisotopic (exact) mass is 451 g/mol. The number of nitrogen functional groups attached to an aromatic ring is 1. The number of amides is 1. The minimum atomic E-state index is -0.751. The van der Waals surface area contributed by atoms with Crippen molar-refractivity contribution in [1.29, 1.82) is 0 Å². The molecule has 0 radical (unpaired) electrons. The highest BCUT2D eigenvalue weighted by Crippen LogP contribution is 2.36. The Morgan fingerprint density at radius 1 is 0.971 bits per heavy atom. The van der Waals surface area contributed by atoms with E-state index in [-0.39, 0.29) is 17.2 Å². The minimum absolute atomic E-state index is 0.0660. The van der Waals surface area contributed by atoms with E-state index in [9.17, 15) is 4.79 Å².